The van der Waals surface area contributed by atoms with E-state index in [9.17, 15) is 24.0 Å². The van der Waals surface area contributed by atoms with Crippen LogP contribution in [0, 0.1) is 0 Å². The summed E-state index contributed by atoms with van der Waals surface area (Å²) >= 11 is 0. The lowest BCUT2D eigenvalue weighted by Crippen LogP contribution is -2.69. The van der Waals surface area contributed by atoms with Crippen LogP contribution in [0.4, 0.5) is 0 Å². The number of rotatable bonds is 13. The van der Waals surface area contributed by atoms with Crippen molar-refractivity contribution in [2.45, 2.75) is 96.0 Å². The number of amides is 1. The topological polar surface area (TPSA) is 202 Å². The molecule has 1 aliphatic heterocycles. The molecule has 0 unspecified atom stereocenters. The van der Waals surface area contributed by atoms with Gasteiger partial charge in [0.1, 0.15) is 18.3 Å². The number of nitrogens with one attached hydrogen (secondary N) is 1. The lowest BCUT2D eigenvalue weighted by atomic mass is 9.87. The first-order chi connectivity index (χ1) is 18.0. The fraction of sp³-hybridized carbons (Fsp3) is 0.783. The molecule has 0 aromatic carbocycles. The lowest BCUT2D eigenvalue weighted by Gasteiger charge is -2.48. The van der Waals surface area contributed by atoms with Crippen molar-refractivity contribution < 1.29 is 52.4 Å². The highest BCUT2D eigenvalue weighted by Crippen LogP contribution is 2.37. The highest BCUT2D eigenvalue weighted by molar-refractivity contribution is 6.76. The van der Waals surface area contributed by atoms with E-state index in [0.29, 0.717) is 6.04 Å². The molecule has 0 aromatic rings. The molecule has 1 amide bonds. The van der Waals surface area contributed by atoms with E-state index in [1.165, 1.54) is 6.92 Å². The molecule has 15 nitrogen and oxygen atoms in total. The normalized spacial score (nSPS) is 24.3. The van der Waals surface area contributed by atoms with Gasteiger partial charge in [0.25, 0.3) is 5.79 Å². The second kappa shape index (κ2) is 14.8. The Morgan fingerprint density at radius 1 is 1.08 bits per heavy atom. The van der Waals surface area contributed by atoms with Crippen LogP contribution in [0.2, 0.25) is 25.7 Å². The van der Waals surface area contributed by atoms with Crippen molar-refractivity contribution in [3.8, 4) is 0 Å². The van der Waals surface area contributed by atoms with Gasteiger partial charge in [-0.1, -0.05) is 24.8 Å². The van der Waals surface area contributed by atoms with Crippen LogP contribution >= 0.6 is 0 Å². The van der Waals surface area contributed by atoms with Crippen LogP contribution < -0.4 is 5.32 Å². The first-order valence-electron chi connectivity index (χ1n) is 12.2. The predicted molar refractivity (Wildman–Crippen MR) is 137 cm³/mol. The number of azide groups is 1. The molecule has 39 heavy (non-hydrogen) atoms. The van der Waals surface area contributed by atoms with Crippen molar-refractivity contribution >= 4 is 37.9 Å². The Balaban J connectivity index is 3.81. The summed E-state index contributed by atoms with van der Waals surface area (Å²) in [5.74, 6) is -6.10. The standard InChI is InChI=1S/C23H38N4O11Si/c1-13(28)26-19-17(35-14(2)29)11-23(22(32)33-5,34-9-10-39(6,7)8)38-21(19)20(37-16(4)31)18(12-25-27-24)36-15(3)30/h17-21H,9-12H2,1-8H3,(H,26,28)/t17-,18+,19+,20+,21+,23+/m0/s1. The molecule has 0 radical (unpaired) electrons. The molecule has 0 spiro atoms. The summed E-state index contributed by atoms with van der Waals surface area (Å²) < 4.78 is 33.4. The van der Waals surface area contributed by atoms with Crippen molar-refractivity contribution in [3.63, 3.8) is 0 Å². The van der Waals surface area contributed by atoms with Crippen LogP contribution in [0.3, 0.4) is 0 Å². The van der Waals surface area contributed by atoms with E-state index in [1.807, 2.05) is 0 Å². The summed E-state index contributed by atoms with van der Waals surface area (Å²) in [6, 6.07) is -0.605. The van der Waals surface area contributed by atoms with Crippen LogP contribution in [-0.2, 0) is 52.4 Å². The molecule has 1 N–H and O–H groups in total. The van der Waals surface area contributed by atoms with Gasteiger partial charge in [0.2, 0.25) is 5.91 Å². The molecule has 1 heterocycles. The number of methoxy groups -OCH3 is 1. The maximum absolute atomic E-state index is 13.2. The fourth-order valence-corrected chi connectivity index (χ4v) is 4.71. The number of hydrogen-bond donors (Lipinski definition) is 1. The van der Waals surface area contributed by atoms with Crippen LogP contribution in [0.15, 0.2) is 5.11 Å². The molecule has 1 rings (SSSR count). The van der Waals surface area contributed by atoms with E-state index < -0.39 is 80.6 Å². The van der Waals surface area contributed by atoms with Gasteiger partial charge in [-0.2, -0.15) is 0 Å². The van der Waals surface area contributed by atoms with E-state index in [4.69, 9.17) is 34.0 Å². The zero-order valence-electron chi connectivity index (χ0n) is 23.5. The molecule has 0 aromatic heterocycles. The van der Waals surface area contributed by atoms with Crippen molar-refractivity contribution in [1.29, 1.82) is 0 Å². The Bertz CT molecular complexity index is 962. The molecule has 1 saturated heterocycles. The quantitative estimate of drug-likeness (QED) is 0.0836. The van der Waals surface area contributed by atoms with Crippen LogP contribution in [0.5, 0.6) is 0 Å². The average molecular weight is 575 g/mol. The first-order valence-corrected chi connectivity index (χ1v) is 16.0. The maximum atomic E-state index is 13.2. The third-order valence-electron chi connectivity index (χ3n) is 5.56. The lowest BCUT2D eigenvalue weighted by molar-refractivity contribution is -0.312. The van der Waals surface area contributed by atoms with Gasteiger partial charge in [0.05, 0.1) is 26.1 Å². The molecule has 1 aliphatic rings. The predicted octanol–water partition coefficient (Wildman–Crippen LogP) is 1.61. The summed E-state index contributed by atoms with van der Waals surface area (Å²) in [5, 5.41) is 6.03. The van der Waals surface area contributed by atoms with E-state index in [2.05, 4.69) is 35.0 Å². The molecule has 6 atom stereocenters. The smallest absolute Gasteiger partial charge is 0.366 e. The Morgan fingerprint density at radius 2 is 1.69 bits per heavy atom. The minimum absolute atomic E-state index is 0.0689. The monoisotopic (exact) mass is 574 g/mol. The number of carbonyl (C=O) groups excluding carboxylic acids is 5. The molecule has 0 bridgehead atoms. The van der Waals surface area contributed by atoms with Crippen molar-refractivity contribution in [1.82, 2.24) is 5.32 Å². The van der Waals surface area contributed by atoms with E-state index >= 15 is 0 Å². The second-order valence-corrected chi connectivity index (χ2v) is 15.8. The van der Waals surface area contributed by atoms with Gasteiger partial charge < -0.3 is 33.7 Å². The summed E-state index contributed by atoms with van der Waals surface area (Å²) in [6.07, 6.45) is -6.12. The van der Waals surface area contributed by atoms with Crippen LogP contribution in [0.25, 0.3) is 10.4 Å². The zero-order valence-corrected chi connectivity index (χ0v) is 24.5. The minimum atomic E-state index is -2.16. The summed E-state index contributed by atoms with van der Waals surface area (Å²) in [7, 11) is -0.549. The van der Waals surface area contributed by atoms with Crippen molar-refractivity contribution in [3.05, 3.63) is 10.4 Å². The average Bonchev–Trinajstić information content (AvgIpc) is 2.79. The van der Waals surface area contributed by atoms with Gasteiger partial charge in [-0.25, -0.2) is 4.79 Å². The van der Waals surface area contributed by atoms with Gasteiger partial charge in [-0.3, -0.25) is 19.2 Å². The first kappa shape index (κ1) is 33.8. The number of hydrogen-bond acceptors (Lipinski definition) is 12. The highest BCUT2D eigenvalue weighted by Gasteiger charge is 2.59. The summed E-state index contributed by atoms with van der Waals surface area (Å²) in [4.78, 5) is 64.2. The van der Waals surface area contributed by atoms with Gasteiger partial charge in [0.15, 0.2) is 6.10 Å². The van der Waals surface area contributed by atoms with Crippen molar-refractivity contribution in [2.75, 3.05) is 20.3 Å². The minimum Gasteiger partial charge on any atom is -0.465 e. The molecular formula is C23H38N4O11Si. The number of nitrogens with zero attached hydrogens (tertiary/aromatic N) is 3. The Labute approximate surface area is 227 Å². The van der Waals surface area contributed by atoms with E-state index in [-0.39, 0.29) is 13.0 Å². The zero-order chi connectivity index (χ0) is 30.0. The van der Waals surface area contributed by atoms with E-state index in [0.717, 1.165) is 27.9 Å². The van der Waals surface area contributed by atoms with Gasteiger partial charge in [0, 0.05) is 47.3 Å². The Hall–Kier alpha value is -3.20. The number of carbonyl (C=O) groups is 5. The number of ether oxygens (including phenoxy) is 6. The van der Waals surface area contributed by atoms with Crippen LogP contribution in [0.1, 0.15) is 34.1 Å². The molecule has 1 fully saturated rings. The van der Waals surface area contributed by atoms with Gasteiger partial charge in [-0.05, 0) is 11.6 Å². The largest absolute Gasteiger partial charge is 0.465 e. The summed E-state index contributed by atoms with van der Waals surface area (Å²) in [5.41, 5.74) is 8.87. The summed E-state index contributed by atoms with van der Waals surface area (Å²) in [6.45, 7) is 10.3. The molecule has 0 aliphatic carbocycles. The van der Waals surface area contributed by atoms with Gasteiger partial charge >= 0.3 is 23.9 Å². The fourth-order valence-electron chi connectivity index (χ4n) is 4.00. The highest BCUT2D eigenvalue weighted by atomic mass is 28.3. The SMILES string of the molecule is COC(=O)[C@@]1(OCC[Si](C)(C)C)C[C@H](OC(C)=O)[C@@H](NC(C)=O)[C@H]([C@H](OC(C)=O)[C@@H](CN=[N+]=[N-])OC(C)=O)O1. The van der Waals surface area contributed by atoms with Gasteiger partial charge in [-0.15, -0.1) is 0 Å². The molecule has 16 heteroatoms. The van der Waals surface area contributed by atoms with Crippen molar-refractivity contribution in [2.24, 2.45) is 5.11 Å². The Kier molecular flexibility index (Phi) is 12.8. The van der Waals surface area contributed by atoms with Crippen LogP contribution in [-0.4, -0.2) is 94.4 Å². The third kappa shape index (κ3) is 10.8. The molecule has 220 valence electrons. The molecule has 0 saturated carbocycles. The Morgan fingerprint density at radius 3 is 2.15 bits per heavy atom. The molecular weight excluding hydrogens is 536 g/mol. The maximum Gasteiger partial charge on any atom is 0.366 e. The third-order valence-corrected chi connectivity index (χ3v) is 7.26. The second-order valence-electron chi connectivity index (χ2n) is 10.2. The number of esters is 4. The van der Waals surface area contributed by atoms with E-state index in [1.54, 1.807) is 0 Å².